The molecule has 0 aromatic heterocycles. The van der Waals surface area contributed by atoms with Crippen molar-refractivity contribution in [2.75, 3.05) is 105 Å². The summed E-state index contributed by atoms with van der Waals surface area (Å²) in [5.74, 6) is 1.03. The molecule has 0 saturated carbocycles. The lowest BCUT2D eigenvalue weighted by atomic mass is 10.0. The Morgan fingerprint density at radius 1 is 0.545 bits per heavy atom. The van der Waals surface area contributed by atoms with Gasteiger partial charge in [0.1, 0.15) is 23.7 Å². The maximum absolute atomic E-state index is 13.3. The van der Waals surface area contributed by atoms with Crippen LogP contribution >= 0.6 is 46.4 Å². The number of hydrogen-bond acceptors (Lipinski definition) is 16. The third kappa shape index (κ3) is 20.6. The summed E-state index contributed by atoms with van der Waals surface area (Å²) in [6.45, 7) is 9.76. The number of hydrogen-bond donors (Lipinski definition) is 8. The van der Waals surface area contributed by atoms with Crippen molar-refractivity contribution in [3.05, 3.63) is 115 Å². The zero-order valence-corrected chi connectivity index (χ0v) is 54.5. The number of amides is 4. The number of ether oxygens (including phenoxy) is 6. The largest absolute Gasteiger partial charge is 0.484 e. The first-order chi connectivity index (χ1) is 42.2. The lowest BCUT2D eigenvalue weighted by molar-refractivity contribution is 0.0443. The van der Waals surface area contributed by atoms with Gasteiger partial charge < -0.3 is 61.2 Å². The summed E-state index contributed by atoms with van der Waals surface area (Å²) in [5, 5.41) is 13.2. The number of halogens is 4. The lowest BCUT2D eigenvalue weighted by Gasteiger charge is -2.38. The number of carbonyl (C=O) groups is 2. The van der Waals surface area contributed by atoms with E-state index in [1.165, 1.54) is 24.3 Å². The Morgan fingerprint density at radius 3 is 1.31 bits per heavy atom. The van der Waals surface area contributed by atoms with Gasteiger partial charge in [0.25, 0.3) is 0 Å². The van der Waals surface area contributed by atoms with E-state index in [0.29, 0.717) is 70.4 Å². The summed E-state index contributed by atoms with van der Waals surface area (Å²) in [5.41, 5.74) is 16.5. The fraction of sp³-hybridized carbons (Fsp3) is 0.567. The Labute approximate surface area is 537 Å². The second-order valence-corrected chi connectivity index (χ2v) is 27.9. The number of rotatable bonds is 33. The molecule has 8 rings (SSSR count). The molecular formula is C60H84Cl4N10O12S2. The molecule has 486 valence electrons. The van der Waals surface area contributed by atoms with E-state index in [-0.39, 0.29) is 124 Å². The Balaban J connectivity index is 0.594. The molecule has 2 aliphatic carbocycles. The van der Waals surface area contributed by atoms with Gasteiger partial charge in [-0.1, -0.05) is 46.4 Å². The van der Waals surface area contributed by atoms with Crippen LogP contribution in [0.15, 0.2) is 82.6 Å². The molecule has 4 aliphatic rings. The van der Waals surface area contributed by atoms with Crippen molar-refractivity contribution in [1.82, 2.24) is 40.5 Å². The highest BCUT2D eigenvalue weighted by atomic mass is 35.5. The summed E-state index contributed by atoms with van der Waals surface area (Å²) in [4.78, 5) is 29.3. The van der Waals surface area contributed by atoms with Crippen LogP contribution in [0.25, 0.3) is 0 Å². The van der Waals surface area contributed by atoms with E-state index in [9.17, 15) is 26.4 Å². The number of urea groups is 2. The molecule has 8 atom stereocenters. The van der Waals surface area contributed by atoms with E-state index >= 15 is 0 Å². The van der Waals surface area contributed by atoms with E-state index in [0.717, 1.165) is 74.1 Å². The van der Waals surface area contributed by atoms with Gasteiger partial charge in [-0.2, -0.15) is 0 Å². The Kier molecular flexibility index (Phi) is 26.7. The first-order valence-electron chi connectivity index (χ1n) is 30.1. The van der Waals surface area contributed by atoms with Gasteiger partial charge in [-0.05, 0) is 162 Å². The second kappa shape index (κ2) is 33.8. The van der Waals surface area contributed by atoms with Crippen molar-refractivity contribution in [2.45, 2.75) is 123 Å². The minimum Gasteiger partial charge on any atom is -0.484 e. The molecule has 0 radical (unpaired) electrons. The minimum absolute atomic E-state index is 0.000228. The minimum atomic E-state index is -3.86. The molecule has 88 heavy (non-hydrogen) atoms. The molecule has 28 heteroatoms. The highest BCUT2D eigenvalue weighted by molar-refractivity contribution is 7.89. The molecule has 10 N–H and O–H groups in total. The maximum atomic E-state index is 13.3. The molecule has 0 bridgehead atoms. The average Bonchev–Trinajstić information content (AvgIpc) is 1.70. The second-order valence-electron chi connectivity index (χ2n) is 22.8. The predicted octanol–water partition coefficient (Wildman–Crippen LogP) is 6.71. The molecular weight excluding hydrogens is 1260 g/mol. The zero-order chi connectivity index (χ0) is 62.8. The Bertz CT molecular complexity index is 2940. The van der Waals surface area contributed by atoms with Crippen LogP contribution in [-0.2, 0) is 51.8 Å². The maximum Gasteiger partial charge on any atom is 0.314 e. The van der Waals surface area contributed by atoms with Crippen LogP contribution in [0, 0.1) is 0 Å². The van der Waals surface area contributed by atoms with Crippen LogP contribution in [0.3, 0.4) is 0 Å². The average molecular weight is 1340 g/mol. The van der Waals surface area contributed by atoms with E-state index in [2.05, 4.69) is 40.5 Å². The summed E-state index contributed by atoms with van der Waals surface area (Å²) in [7, 11) is -7.73. The highest BCUT2D eigenvalue weighted by Crippen LogP contribution is 2.45. The van der Waals surface area contributed by atoms with Crippen LogP contribution in [0.4, 0.5) is 9.59 Å². The topological polar surface area (TPSA) is 288 Å². The molecule has 4 aromatic rings. The van der Waals surface area contributed by atoms with E-state index in [1.54, 1.807) is 50.2 Å². The lowest BCUT2D eigenvalue weighted by Crippen LogP contribution is -2.49. The van der Waals surface area contributed by atoms with E-state index in [1.807, 2.05) is 12.1 Å². The van der Waals surface area contributed by atoms with Crippen molar-refractivity contribution in [3.63, 3.8) is 0 Å². The van der Waals surface area contributed by atoms with Gasteiger partial charge in [0.15, 0.2) is 0 Å². The summed E-state index contributed by atoms with van der Waals surface area (Å²) in [6, 6.07) is 18.3. The summed E-state index contributed by atoms with van der Waals surface area (Å²) >= 11 is 26.1. The fourth-order valence-corrected chi connectivity index (χ4v) is 15.1. The highest BCUT2D eigenvalue weighted by Gasteiger charge is 2.42. The molecule has 22 nitrogen and oxygen atoms in total. The smallest absolute Gasteiger partial charge is 0.314 e. The van der Waals surface area contributed by atoms with Gasteiger partial charge in [-0.15, -0.1) is 0 Å². The first-order valence-corrected chi connectivity index (χ1v) is 34.6. The number of nitrogens with zero attached hydrogens (tertiary/aromatic N) is 2. The Hall–Kier alpha value is -4.32. The standard InChI is InChI=1S/C60H84Cl4N10O12S2/c1-39(71-87(77,78)47-13-9-45(10-14-47)85-57-51-29-41(61)31-53(63)49(51)33-55(57)73-21-5-7-43(65)35-73)37-83-27-25-81-23-19-69-59(75)67-17-3-4-18-68-60(76)70-20-24-82-26-28-84-38-40(2)72-88(79,80)48-15-11-46(12-16-48)86-58-52-30-42(62)32-54(64)50(52)34-56(58)74-22-6-8-44(66)36-74/h9-16,29-32,39-40,43-44,55-58,71-72H,3-8,17-28,33-38,65-66H2,1-2H3,(H2,67,69,75)(H2,68,70,76)/t39-,40-,43-,44-,55+,56+,57+,58+/m1/s1. The number of nitrogens with two attached hydrogens (primary N) is 2. The SMILES string of the molecule is C[C@H](COCCOCCNC(=O)NCCCCNC(=O)NCCOCCOC[C@@H](C)NS(=O)(=O)c1ccc(O[C@H]2c3cc(Cl)cc(Cl)c3C[C@@H]2N2CCC[C@@H](N)C2)cc1)NS(=O)(=O)c1ccc(O[C@H]2c3cc(Cl)cc(Cl)c3C[C@@H]2N2CCC[C@@H](N)C2)cc1. The van der Waals surface area contributed by atoms with Crippen LogP contribution in [0.1, 0.15) is 86.8 Å². The van der Waals surface area contributed by atoms with Crippen LogP contribution in [0.2, 0.25) is 20.1 Å². The molecule has 2 saturated heterocycles. The predicted molar refractivity (Wildman–Crippen MR) is 340 cm³/mol. The van der Waals surface area contributed by atoms with Crippen molar-refractivity contribution in [2.24, 2.45) is 11.5 Å². The number of fused-ring (bicyclic) bond motifs is 2. The van der Waals surface area contributed by atoms with Gasteiger partial charge in [0.05, 0.1) is 74.7 Å². The van der Waals surface area contributed by atoms with Gasteiger partial charge in [-0.3, -0.25) is 9.80 Å². The number of piperidine rings is 2. The van der Waals surface area contributed by atoms with Crippen molar-refractivity contribution in [1.29, 1.82) is 0 Å². The number of sulfonamides is 2. The molecule has 0 unspecified atom stereocenters. The van der Waals surface area contributed by atoms with Crippen LogP contribution in [0.5, 0.6) is 11.5 Å². The number of nitrogens with one attached hydrogen (secondary N) is 6. The Morgan fingerprint density at radius 2 is 0.920 bits per heavy atom. The van der Waals surface area contributed by atoms with Crippen LogP contribution in [-0.4, -0.2) is 180 Å². The number of unbranched alkanes of at least 4 members (excludes halogenated alkanes) is 1. The molecule has 0 spiro atoms. The van der Waals surface area contributed by atoms with Crippen molar-refractivity contribution in [3.8, 4) is 11.5 Å². The molecule has 4 aromatic carbocycles. The third-order valence-electron chi connectivity index (χ3n) is 15.7. The molecule has 2 fully saturated rings. The molecule has 4 amide bonds. The number of benzene rings is 4. The van der Waals surface area contributed by atoms with Gasteiger partial charge in [-0.25, -0.2) is 35.9 Å². The molecule has 2 heterocycles. The first kappa shape index (κ1) is 69.6. The fourth-order valence-electron chi connectivity index (χ4n) is 11.5. The quantitative estimate of drug-likeness (QED) is 0.0230. The van der Waals surface area contributed by atoms with E-state index in [4.69, 9.17) is 86.3 Å². The van der Waals surface area contributed by atoms with Crippen molar-refractivity contribution < 1.29 is 54.8 Å². The number of likely N-dealkylation sites (tertiary alicyclic amines) is 2. The zero-order valence-electron chi connectivity index (χ0n) is 49.8. The van der Waals surface area contributed by atoms with Crippen molar-refractivity contribution >= 4 is 78.5 Å². The van der Waals surface area contributed by atoms with E-state index < -0.39 is 32.1 Å². The molecule has 2 aliphatic heterocycles. The third-order valence-corrected chi connectivity index (χ3v) is 20.0. The van der Waals surface area contributed by atoms with Crippen LogP contribution < -0.4 is 51.7 Å². The van der Waals surface area contributed by atoms with Gasteiger partial charge in [0.2, 0.25) is 20.0 Å². The summed E-state index contributed by atoms with van der Waals surface area (Å²) in [6.07, 6.45) is 5.88. The van der Waals surface area contributed by atoms with Gasteiger partial charge >= 0.3 is 12.1 Å². The normalized spacial score (nSPS) is 21.3. The summed E-state index contributed by atoms with van der Waals surface area (Å²) < 4.78 is 93.8. The van der Waals surface area contributed by atoms with Gasteiger partial charge in [0, 0.05) is 94.7 Å². The monoisotopic (exact) mass is 1340 g/mol. The number of carbonyl (C=O) groups excluding carboxylic acids is 2.